The van der Waals surface area contributed by atoms with Crippen LogP contribution in [0.1, 0.15) is 59.4 Å². The highest BCUT2D eigenvalue weighted by atomic mass is 16.2. The summed E-state index contributed by atoms with van der Waals surface area (Å²) in [5, 5.41) is 0. The van der Waals surface area contributed by atoms with Crippen molar-refractivity contribution in [2.45, 2.75) is 47.1 Å². The zero-order valence-corrected chi connectivity index (χ0v) is 15.3. The van der Waals surface area contributed by atoms with Crippen LogP contribution in [0.3, 0.4) is 0 Å². The summed E-state index contributed by atoms with van der Waals surface area (Å²) in [6.45, 7) is 9.58. The number of aromatic nitrogens is 2. The number of benzene rings is 1. The van der Waals surface area contributed by atoms with Crippen LogP contribution < -0.4 is 11.2 Å². The molecule has 0 saturated heterocycles. The van der Waals surface area contributed by atoms with Gasteiger partial charge in [-0.3, -0.25) is 19.1 Å². The summed E-state index contributed by atoms with van der Waals surface area (Å²) in [5.41, 5.74) is 1.85. The van der Waals surface area contributed by atoms with Crippen LogP contribution in [-0.4, -0.2) is 15.3 Å². The van der Waals surface area contributed by atoms with E-state index in [0.717, 1.165) is 11.1 Å². The van der Waals surface area contributed by atoms with Gasteiger partial charge in [0.05, 0.1) is 0 Å². The van der Waals surface area contributed by atoms with Crippen molar-refractivity contribution in [3.05, 3.63) is 79.1 Å². The van der Waals surface area contributed by atoms with Gasteiger partial charge in [0.1, 0.15) is 5.69 Å². The predicted octanol–water partition coefficient (Wildman–Crippen LogP) is 3.08. The summed E-state index contributed by atoms with van der Waals surface area (Å²) in [7, 11) is 0. The molecule has 1 aromatic heterocycles. The van der Waals surface area contributed by atoms with Gasteiger partial charge in [-0.2, -0.15) is 0 Å². The SMILES string of the molecule is CC=CCn1c(C(=O)c2cc(C)cc(C)c2)c(C(C)C)c(=O)[nH]c1=O. The van der Waals surface area contributed by atoms with Crippen molar-refractivity contribution in [2.24, 2.45) is 0 Å². The van der Waals surface area contributed by atoms with E-state index in [4.69, 9.17) is 0 Å². The molecule has 0 atom stereocenters. The van der Waals surface area contributed by atoms with Gasteiger partial charge < -0.3 is 0 Å². The fourth-order valence-corrected chi connectivity index (χ4v) is 2.99. The third-order valence-electron chi connectivity index (χ3n) is 4.04. The van der Waals surface area contributed by atoms with Crippen molar-refractivity contribution < 1.29 is 4.79 Å². The molecule has 0 radical (unpaired) electrons. The van der Waals surface area contributed by atoms with Gasteiger partial charge in [-0.1, -0.05) is 43.2 Å². The summed E-state index contributed by atoms with van der Waals surface area (Å²) < 4.78 is 1.34. The molecule has 0 unspecified atom stereocenters. The van der Waals surface area contributed by atoms with E-state index in [0.29, 0.717) is 11.1 Å². The first-order valence-corrected chi connectivity index (χ1v) is 8.37. The molecule has 1 N–H and O–H groups in total. The number of aryl methyl sites for hydroxylation is 2. The quantitative estimate of drug-likeness (QED) is 0.671. The first kappa shape index (κ1) is 18.6. The van der Waals surface area contributed by atoms with E-state index in [-0.39, 0.29) is 23.9 Å². The van der Waals surface area contributed by atoms with E-state index >= 15 is 0 Å². The van der Waals surface area contributed by atoms with Crippen molar-refractivity contribution in [2.75, 3.05) is 0 Å². The molecule has 0 aliphatic rings. The zero-order chi connectivity index (χ0) is 18.7. The van der Waals surface area contributed by atoms with Gasteiger partial charge in [-0.15, -0.1) is 0 Å². The van der Waals surface area contributed by atoms with Crippen molar-refractivity contribution >= 4 is 5.78 Å². The van der Waals surface area contributed by atoms with Crippen LogP contribution in [0.25, 0.3) is 0 Å². The third kappa shape index (κ3) is 3.87. The average Bonchev–Trinajstić information content (AvgIpc) is 2.51. The van der Waals surface area contributed by atoms with Crippen LogP contribution in [0.2, 0.25) is 0 Å². The number of allylic oxidation sites excluding steroid dienone is 2. The molecule has 5 nitrogen and oxygen atoms in total. The highest BCUT2D eigenvalue weighted by Crippen LogP contribution is 2.19. The number of hydrogen-bond acceptors (Lipinski definition) is 3. The molecule has 0 saturated carbocycles. The van der Waals surface area contributed by atoms with Gasteiger partial charge in [0.2, 0.25) is 5.78 Å². The van der Waals surface area contributed by atoms with Gasteiger partial charge in [0.25, 0.3) is 5.56 Å². The monoisotopic (exact) mass is 340 g/mol. The number of carbonyl (C=O) groups excluding carboxylic acids is 1. The molecule has 0 amide bonds. The molecule has 0 fully saturated rings. The zero-order valence-electron chi connectivity index (χ0n) is 15.3. The fraction of sp³-hybridized carbons (Fsp3) is 0.350. The number of aromatic amines is 1. The molecule has 1 heterocycles. The predicted molar refractivity (Wildman–Crippen MR) is 99.6 cm³/mol. The van der Waals surface area contributed by atoms with E-state index in [1.807, 2.05) is 40.7 Å². The number of hydrogen-bond donors (Lipinski definition) is 1. The topological polar surface area (TPSA) is 71.9 Å². The van der Waals surface area contributed by atoms with E-state index in [9.17, 15) is 14.4 Å². The van der Waals surface area contributed by atoms with Crippen molar-refractivity contribution in [1.82, 2.24) is 9.55 Å². The maximum Gasteiger partial charge on any atom is 0.329 e. The molecule has 0 aliphatic heterocycles. The van der Waals surface area contributed by atoms with Gasteiger partial charge in [0.15, 0.2) is 0 Å². The molecule has 132 valence electrons. The molecule has 0 aliphatic carbocycles. The van der Waals surface area contributed by atoms with Crippen LogP contribution in [0.15, 0.2) is 39.9 Å². The van der Waals surface area contributed by atoms with Crippen LogP contribution in [0.4, 0.5) is 0 Å². The summed E-state index contributed by atoms with van der Waals surface area (Å²) in [6.07, 6.45) is 3.58. The first-order valence-electron chi connectivity index (χ1n) is 8.37. The molecule has 2 rings (SSSR count). The molecule has 0 bridgehead atoms. The van der Waals surface area contributed by atoms with Crippen molar-refractivity contribution in [3.8, 4) is 0 Å². The second kappa shape index (κ2) is 7.47. The number of H-pyrrole nitrogens is 1. The fourth-order valence-electron chi connectivity index (χ4n) is 2.99. The molecule has 1 aromatic carbocycles. The van der Waals surface area contributed by atoms with Gasteiger partial charge in [-0.25, -0.2) is 4.79 Å². The number of nitrogens with one attached hydrogen (secondary N) is 1. The number of rotatable bonds is 5. The second-order valence-electron chi connectivity index (χ2n) is 6.56. The normalized spacial score (nSPS) is 11.4. The lowest BCUT2D eigenvalue weighted by Gasteiger charge is -2.16. The summed E-state index contributed by atoms with van der Waals surface area (Å²) in [5.74, 6) is -0.491. The van der Waals surface area contributed by atoms with Gasteiger partial charge >= 0.3 is 5.69 Å². The lowest BCUT2D eigenvalue weighted by Crippen LogP contribution is -2.37. The Morgan fingerprint density at radius 3 is 2.28 bits per heavy atom. The first-order chi connectivity index (χ1) is 11.8. The maximum atomic E-state index is 13.2. The Kier molecular flexibility index (Phi) is 5.57. The van der Waals surface area contributed by atoms with E-state index in [1.54, 1.807) is 24.3 Å². The van der Waals surface area contributed by atoms with E-state index < -0.39 is 11.2 Å². The Labute approximate surface area is 147 Å². The minimum absolute atomic E-state index is 0.173. The summed E-state index contributed by atoms with van der Waals surface area (Å²) >= 11 is 0. The largest absolute Gasteiger partial charge is 0.329 e. The van der Waals surface area contributed by atoms with Crippen LogP contribution in [-0.2, 0) is 6.54 Å². The van der Waals surface area contributed by atoms with E-state index in [1.165, 1.54) is 4.57 Å². The second-order valence-corrected chi connectivity index (χ2v) is 6.56. The minimum Gasteiger partial charge on any atom is -0.287 e. The molecule has 2 aromatic rings. The van der Waals surface area contributed by atoms with Gasteiger partial charge in [-0.05, 0) is 38.8 Å². The maximum absolute atomic E-state index is 13.2. The Bertz CT molecular complexity index is 926. The number of nitrogens with zero attached hydrogens (tertiary/aromatic N) is 1. The summed E-state index contributed by atoms with van der Waals surface area (Å²) in [4.78, 5) is 40.3. The molecule has 0 spiro atoms. The number of carbonyl (C=O) groups is 1. The van der Waals surface area contributed by atoms with Crippen LogP contribution >= 0.6 is 0 Å². The minimum atomic E-state index is -0.569. The molecular formula is C20H24N2O3. The van der Waals surface area contributed by atoms with Crippen molar-refractivity contribution in [1.29, 1.82) is 0 Å². The van der Waals surface area contributed by atoms with Crippen LogP contribution in [0.5, 0.6) is 0 Å². The Hall–Kier alpha value is -2.69. The molecule has 5 heteroatoms. The lowest BCUT2D eigenvalue weighted by molar-refractivity contribution is 0.102. The summed E-state index contributed by atoms with van der Waals surface area (Å²) in [6, 6.07) is 5.54. The Morgan fingerprint density at radius 1 is 1.16 bits per heavy atom. The Morgan fingerprint density at radius 2 is 1.76 bits per heavy atom. The van der Waals surface area contributed by atoms with Gasteiger partial charge in [0, 0.05) is 17.7 Å². The van der Waals surface area contributed by atoms with Crippen molar-refractivity contribution in [3.63, 3.8) is 0 Å². The average molecular weight is 340 g/mol. The number of ketones is 1. The lowest BCUT2D eigenvalue weighted by atomic mass is 9.95. The highest BCUT2D eigenvalue weighted by molar-refractivity contribution is 6.09. The third-order valence-corrected chi connectivity index (χ3v) is 4.04. The standard InChI is InChI=1S/C20H24N2O3/c1-6-7-8-22-17(16(12(2)3)19(24)21-20(22)25)18(23)15-10-13(4)9-14(5)11-15/h6-7,9-12H,8H2,1-5H3,(H,21,24,25). The smallest absolute Gasteiger partial charge is 0.287 e. The van der Waals surface area contributed by atoms with E-state index in [2.05, 4.69) is 4.98 Å². The Balaban J connectivity index is 2.82. The van der Waals surface area contributed by atoms with Crippen LogP contribution in [0, 0.1) is 13.8 Å². The molecular weight excluding hydrogens is 316 g/mol. The molecule has 25 heavy (non-hydrogen) atoms. The highest BCUT2D eigenvalue weighted by Gasteiger charge is 2.24.